The van der Waals surface area contributed by atoms with E-state index >= 15 is 0 Å². The molecule has 2 heteroatoms. The van der Waals surface area contributed by atoms with Crippen molar-refractivity contribution in [2.45, 2.75) is 31.1 Å². The van der Waals surface area contributed by atoms with Gasteiger partial charge in [0.1, 0.15) is 0 Å². The van der Waals surface area contributed by atoms with Crippen molar-refractivity contribution in [3.63, 3.8) is 0 Å². The van der Waals surface area contributed by atoms with Gasteiger partial charge in [0.2, 0.25) is 0 Å². The molecule has 0 aliphatic rings. The molecule has 0 radical (unpaired) electrons. The Bertz CT molecular complexity index is 248. The van der Waals surface area contributed by atoms with E-state index in [1.807, 2.05) is 0 Å². The summed E-state index contributed by atoms with van der Waals surface area (Å²) in [4.78, 5) is 1.34. The highest BCUT2D eigenvalue weighted by molar-refractivity contribution is 8.00. The van der Waals surface area contributed by atoms with Crippen LogP contribution in [0.3, 0.4) is 0 Å². The summed E-state index contributed by atoms with van der Waals surface area (Å²) in [6.07, 6.45) is 3.69. The maximum absolute atomic E-state index is 5.71. The minimum absolute atomic E-state index is 0.642. The highest BCUT2D eigenvalue weighted by Gasteiger charge is 2.00. The summed E-state index contributed by atoms with van der Waals surface area (Å²) in [6.45, 7) is 2.22. The van der Waals surface area contributed by atoms with Crippen LogP contribution < -0.4 is 0 Å². The number of aryl methyl sites for hydroxylation is 1. The maximum Gasteiger partial charge on any atom is 0.0727 e. The molecule has 0 atom stereocenters. The zero-order chi connectivity index (χ0) is 9.52. The number of halogens is 1. The Kier molecular flexibility index (Phi) is 5.33. The summed E-state index contributed by atoms with van der Waals surface area (Å²) in [6, 6.07) is 8.52. The maximum atomic E-state index is 5.71. The van der Waals surface area contributed by atoms with Gasteiger partial charge < -0.3 is 0 Å². The Morgan fingerprint density at radius 1 is 1.31 bits per heavy atom. The standard InChI is InChI=1S/C11H15ClS/c1-2-3-6-10-7-4-5-8-11(10)13-9-12/h4-5,7-8H,2-3,6,9H2,1H3. The predicted octanol–water partition coefficient (Wildman–Crippen LogP) is 4.32. The quantitative estimate of drug-likeness (QED) is 0.520. The van der Waals surface area contributed by atoms with Crippen LogP contribution in [-0.4, -0.2) is 5.21 Å². The van der Waals surface area contributed by atoms with Gasteiger partial charge in [0.05, 0.1) is 5.21 Å². The molecule has 0 aliphatic heterocycles. The summed E-state index contributed by atoms with van der Waals surface area (Å²) in [5.41, 5.74) is 1.44. The van der Waals surface area contributed by atoms with E-state index in [0.29, 0.717) is 5.21 Å². The van der Waals surface area contributed by atoms with Crippen molar-refractivity contribution in [2.75, 3.05) is 5.21 Å². The molecule has 0 aliphatic carbocycles. The van der Waals surface area contributed by atoms with Gasteiger partial charge >= 0.3 is 0 Å². The lowest BCUT2D eigenvalue weighted by Gasteiger charge is -2.06. The largest absolute Gasteiger partial charge is 0.114 e. The molecular weight excluding hydrogens is 200 g/mol. The van der Waals surface area contributed by atoms with Crippen molar-refractivity contribution < 1.29 is 0 Å². The van der Waals surface area contributed by atoms with Crippen LogP contribution in [-0.2, 0) is 6.42 Å². The van der Waals surface area contributed by atoms with Gasteiger partial charge in [0.25, 0.3) is 0 Å². The third-order valence-corrected chi connectivity index (χ3v) is 3.13. The van der Waals surface area contributed by atoms with Gasteiger partial charge in [-0.15, -0.1) is 23.4 Å². The van der Waals surface area contributed by atoms with Gasteiger partial charge in [0.15, 0.2) is 0 Å². The first-order valence-electron chi connectivity index (χ1n) is 4.65. The predicted molar refractivity (Wildman–Crippen MR) is 61.6 cm³/mol. The molecule has 1 aromatic rings. The lowest BCUT2D eigenvalue weighted by atomic mass is 10.1. The van der Waals surface area contributed by atoms with Gasteiger partial charge in [-0.3, -0.25) is 0 Å². The molecule has 0 aromatic heterocycles. The van der Waals surface area contributed by atoms with E-state index in [1.54, 1.807) is 11.8 Å². The fraction of sp³-hybridized carbons (Fsp3) is 0.455. The Morgan fingerprint density at radius 3 is 2.77 bits per heavy atom. The number of hydrogen-bond donors (Lipinski definition) is 0. The summed E-state index contributed by atoms with van der Waals surface area (Å²) in [5.74, 6) is 0. The minimum atomic E-state index is 0.642. The summed E-state index contributed by atoms with van der Waals surface area (Å²) >= 11 is 7.42. The zero-order valence-electron chi connectivity index (χ0n) is 7.92. The van der Waals surface area contributed by atoms with E-state index in [9.17, 15) is 0 Å². The summed E-state index contributed by atoms with van der Waals surface area (Å²) < 4.78 is 0. The molecule has 0 saturated heterocycles. The van der Waals surface area contributed by atoms with Crippen molar-refractivity contribution in [1.29, 1.82) is 0 Å². The van der Waals surface area contributed by atoms with Gasteiger partial charge in [-0.1, -0.05) is 31.5 Å². The van der Waals surface area contributed by atoms with Crippen LogP contribution in [0.2, 0.25) is 0 Å². The van der Waals surface area contributed by atoms with Crippen molar-refractivity contribution in [3.8, 4) is 0 Å². The van der Waals surface area contributed by atoms with E-state index in [2.05, 4.69) is 31.2 Å². The molecule has 0 N–H and O–H groups in total. The number of hydrogen-bond acceptors (Lipinski definition) is 1. The topological polar surface area (TPSA) is 0 Å². The second-order valence-electron chi connectivity index (χ2n) is 2.96. The lowest BCUT2D eigenvalue weighted by molar-refractivity contribution is 0.785. The molecule has 72 valence electrons. The number of thioether (sulfide) groups is 1. The van der Waals surface area contributed by atoms with Gasteiger partial charge in [0, 0.05) is 4.90 Å². The SMILES string of the molecule is CCCCc1ccccc1SCCl. The normalized spacial score (nSPS) is 10.3. The molecule has 0 bridgehead atoms. The second kappa shape index (κ2) is 6.33. The van der Waals surface area contributed by atoms with E-state index in [4.69, 9.17) is 11.6 Å². The van der Waals surface area contributed by atoms with Crippen LogP contribution in [0.4, 0.5) is 0 Å². The third kappa shape index (κ3) is 3.61. The number of rotatable bonds is 5. The van der Waals surface area contributed by atoms with Crippen LogP contribution >= 0.6 is 23.4 Å². The van der Waals surface area contributed by atoms with Gasteiger partial charge in [-0.2, -0.15) is 0 Å². The molecular formula is C11H15ClS. The van der Waals surface area contributed by atoms with E-state index in [1.165, 1.54) is 29.7 Å². The first-order valence-corrected chi connectivity index (χ1v) is 6.17. The molecule has 0 nitrogen and oxygen atoms in total. The monoisotopic (exact) mass is 214 g/mol. The Morgan fingerprint density at radius 2 is 2.08 bits per heavy atom. The molecule has 0 unspecified atom stereocenters. The highest BCUT2D eigenvalue weighted by atomic mass is 35.5. The summed E-state index contributed by atoms with van der Waals surface area (Å²) in [7, 11) is 0. The van der Waals surface area contributed by atoms with Crippen LogP contribution in [0, 0.1) is 0 Å². The molecule has 0 heterocycles. The number of unbranched alkanes of at least 4 members (excludes halogenated alkanes) is 1. The highest BCUT2D eigenvalue weighted by Crippen LogP contribution is 2.24. The summed E-state index contributed by atoms with van der Waals surface area (Å²) in [5, 5.41) is 0.642. The second-order valence-corrected chi connectivity index (χ2v) is 4.57. The van der Waals surface area contributed by atoms with Crippen molar-refractivity contribution in [3.05, 3.63) is 29.8 Å². The Balaban J connectivity index is 2.66. The smallest absolute Gasteiger partial charge is 0.0727 e. The van der Waals surface area contributed by atoms with E-state index in [-0.39, 0.29) is 0 Å². The molecule has 0 saturated carbocycles. The van der Waals surface area contributed by atoms with Crippen molar-refractivity contribution in [1.82, 2.24) is 0 Å². The zero-order valence-corrected chi connectivity index (χ0v) is 9.50. The molecule has 0 amide bonds. The van der Waals surface area contributed by atoms with Crippen LogP contribution in [0.15, 0.2) is 29.2 Å². The Hall–Kier alpha value is -0.140. The first-order chi connectivity index (χ1) is 6.38. The fourth-order valence-electron chi connectivity index (χ4n) is 1.28. The van der Waals surface area contributed by atoms with E-state index < -0.39 is 0 Å². The Labute approximate surface area is 89.7 Å². The third-order valence-electron chi connectivity index (χ3n) is 1.98. The number of alkyl halides is 1. The average molecular weight is 215 g/mol. The van der Waals surface area contributed by atoms with E-state index in [0.717, 1.165) is 0 Å². The van der Waals surface area contributed by atoms with Crippen LogP contribution in [0.1, 0.15) is 25.3 Å². The first kappa shape index (κ1) is 10.9. The van der Waals surface area contributed by atoms with Crippen LogP contribution in [0.5, 0.6) is 0 Å². The minimum Gasteiger partial charge on any atom is -0.114 e. The molecule has 0 spiro atoms. The fourth-order valence-corrected chi connectivity index (χ4v) is 2.28. The molecule has 1 aromatic carbocycles. The lowest BCUT2D eigenvalue weighted by Crippen LogP contribution is -1.87. The molecule has 0 fully saturated rings. The van der Waals surface area contributed by atoms with Crippen molar-refractivity contribution in [2.24, 2.45) is 0 Å². The van der Waals surface area contributed by atoms with Gasteiger partial charge in [-0.05, 0) is 24.5 Å². The van der Waals surface area contributed by atoms with Crippen molar-refractivity contribution >= 4 is 23.4 Å². The van der Waals surface area contributed by atoms with Gasteiger partial charge in [-0.25, -0.2) is 0 Å². The molecule has 13 heavy (non-hydrogen) atoms. The number of benzene rings is 1. The average Bonchev–Trinajstić information content (AvgIpc) is 2.17. The van der Waals surface area contributed by atoms with Crippen LogP contribution in [0.25, 0.3) is 0 Å². The molecule has 1 rings (SSSR count).